The number of imidazole rings is 1. The predicted molar refractivity (Wildman–Crippen MR) is 110 cm³/mol. The van der Waals surface area contributed by atoms with Gasteiger partial charge in [0.25, 0.3) is 0 Å². The van der Waals surface area contributed by atoms with Gasteiger partial charge in [0.05, 0.1) is 22.6 Å². The van der Waals surface area contributed by atoms with E-state index in [-0.39, 0.29) is 16.3 Å². The molecule has 2 N–H and O–H groups in total. The van der Waals surface area contributed by atoms with Crippen LogP contribution in [0.5, 0.6) is 0 Å². The van der Waals surface area contributed by atoms with Crippen molar-refractivity contribution in [2.24, 2.45) is 0 Å². The summed E-state index contributed by atoms with van der Waals surface area (Å²) < 4.78 is 42.3. The van der Waals surface area contributed by atoms with Crippen molar-refractivity contribution in [3.05, 3.63) is 70.7 Å². The molecule has 0 aliphatic rings. The number of nitrogens with one attached hydrogen (secondary N) is 2. The third kappa shape index (κ3) is 4.32. The lowest BCUT2D eigenvalue weighted by Gasteiger charge is -2.13. The van der Waals surface area contributed by atoms with E-state index in [1.54, 1.807) is 13.0 Å². The maximum Gasteiger partial charge on any atom is 0.417 e. The van der Waals surface area contributed by atoms with E-state index >= 15 is 0 Å². The quantitative estimate of drug-likeness (QED) is 0.314. The number of carbonyl (C=O) groups excluding carboxylic acids is 1. The third-order valence-corrected chi connectivity index (χ3v) is 5.34. The number of alkyl halides is 3. The maximum atomic E-state index is 13.1. The van der Waals surface area contributed by atoms with Gasteiger partial charge in [-0.15, -0.1) is 0 Å². The third-order valence-electron chi connectivity index (χ3n) is 4.20. The normalized spacial score (nSPS) is 11.6. The Hall–Kier alpha value is -3.18. The Morgan fingerprint density at radius 1 is 1.13 bits per heavy atom. The van der Waals surface area contributed by atoms with Gasteiger partial charge in [-0.25, -0.2) is 15.0 Å². The zero-order chi connectivity index (χ0) is 22.2. The summed E-state index contributed by atoms with van der Waals surface area (Å²) in [4.78, 5) is 32.4. The molecule has 0 spiro atoms. The van der Waals surface area contributed by atoms with Crippen LogP contribution in [-0.4, -0.2) is 30.7 Å². The molecule has 0 aliphatic carbocycles. The maximum absolute atomic E-state index is 13.1. The lowest BCUT2D eigenvalue weighted by molar-refractivity contribution is -0.137. The van der Waals surface area contributed by atoms with Crippen LogP contribution in [0.3, 0.4) is 0 Å². The summed E-state index contributed by atoms with van der Waals surface area (Å²) in [5.74, 6) is -0.494. The highest BCUT2D eigenvalue weighted by molar-refractivity contribution is 8.00. The number of aromatic amines is 1. The Bertz CT molecular complexity index is 1290. The van der Waals surface area contributed by atoms with Crippen molar-refractivity contribution < 1.29 is 18.0 Å². The van der Waals surface area contributed by atoms with Crippen molar-refractivity contribution in [3.8, 4) is 0 Å². The molecule has 0 fully saturated rings. The predicted octanol–water partition coefficient (Wildman–Crippen LogP) is 5.08. The van der Waals surface area contributed by atoms with E-state index in [4.69, 9.17) is 11.6 Å². The highest BCUT2D eigenvalue weighted by Crippen LogP contribution is 2.37. The molecular formula is C19H12ClF3N6OS. The summed E-state index contributed by atoms with van der Waals surface area (Å²) in [6, 6.07) is 5.21. The highest BCUT2D eigenvalue weighted by atomic mass is 35.5. The lowest BCUT2D eigenvalue weighted by atomic mass is 10.1. The van der Waals surface area contributed by atoms with Gasteiger partial charge in [0.15, 0.2) is 5.65 Å². The largest absolute Gasteiger partial charge is 0.417 e. The number of carbonyl (C=O) groups is 1. The molecule has 12 heteroatoms. The number of benzene rings is 1. The van der Waals surface area contributed by atoms with Crippen LogP contribution in [0.4, 0.5) is 18.9 Å². The summed E-state index contributed by atoms with van der Waals surface area (Å²) in [6.07, 6.45) is -0.452. The van der Waals surface area contributed by atoms with Crippen molar-refractivity contribution >= 4 is 46.2 Å². The number of pyridine rings is 1. The molecule has 4 rings (SSSR count). The Labute approximate surface area is 182 Å². The fraction of sp³-hybridized carbons (Fsp3) is 0.105. The molecule has 1 aromatic carbocycles. The standard InChI is InChI=1S/C19H12ClF3N6OS/c1-9-4-13(29-31-10-2-3-12(20)11(5-10)19(21,22)23)14(24-6-9)17(30)15-16-18(27-7-25-15)28-8-26-16/h2-8,29H,1H3,(H,25,26,27,28). The summed E-state index contributed by atoms with van der Waals surface area (Å²) in [5.41, 5.74) is 0.958. The first-order valence-electron chi connectivity index (χ1n) is 8.69. The Balaban J connectivity index is 1.66. The number of anilines is 1. The average Bonchev–Trinajstić information content (AvgIpc) is 3.21. The van der Waals surface area contributed by atoms with Crippen molar-refractivity contribution in [1.29, 1.82) is 0 Å². The van der Waals surface area contributed by atoms with E-state index in [0.29, 0.717) is 16.9 Å². The first-order chi connectivity index (χ1) is 14.7. The number of rotatable bonds is 5. The SMILES string of the molecule is Cc1cnc(C(=O)c2ncnc3nc[nH]c23)c(NSc2ccc(Cl)c(C(F)(F)F)c2)c1. The molecule has 0 saturated heterocycles. The minimum Gasteiger partial charge on any atom is -0.341 e. The van der Waals surface area contributed by atoms with Gasteiger partial charge in [-0.05, 0) is 48.7 Å². The van der Waals surface area contributed by atoms with Gasteiger partial charge < -0.3 is 9.71 Å². The van der Waals surface area contributed by atoms with Crippen LogP contribution in [-0.2, 0) is 6.18 Å². The molecule has 0 aliphatic heterocycles. The van der Waals surface area contributed by atoms with Gasteiger partial charge in [-0.2, -0.15) is 13.2 Å². The number of hydrogen-bond donors (Lipinski definition) is 2. The van der Waals surface area contributed by atoms with Gasteiger partial charge in [0.2, 0.25) is 5.78 Å². The van der Waals surface area contributed by atoms with E-state index in [1.807, 2.05) is 0 Å². The summed E-state index contributed by atoms with van der Waals surface area (Å²) in [6.45, 7) is 1.78. The summed E-state index contributed by atoms with van der Waals surface area (Å²) in [5, 5.41) is -0.391. The molecule has 0 unspecified atom stereocenters. The minimum atomic E-state index is -4.58. The smallest absolute Gasteiger partial charge is 0.341 e. The average molecular weight is 465 g/mol. The zero-order valence-corrected chi connectivity index (χ0v) is 17.2. The van der Waals surface area contributed by atoms with Crippen LogP contribution in [0.25, 0.3) is 11.2 Å². The number of fused-ring (bicyclic) bond motifs is 1. The molecule has 0 saturated carbocycles. The number of hydrogen-bond acceptors (Lipinski definition) is 7. The second-order valence-electron chi connectivity index (χ2n) is 6.40. The Morgan fingerprint density at radius 2 is 1.94 bits per heavy atom. The molecule has 0 radical (unpaired) electrons. The molecule has 0 bridgehead atoms. The van der Waals surface area contributed by atoms with Gasteiger partial charge in [0.1, 0.15) is 23.2 Å². The van der Waals surface area contributed by atoms with E-state index in [1.165, 1.54) is 31.0 Å². The van der Waals surface area contributed by atoms with Crippen molar-refractivity contribution in [1.82, 2.24) is 24.9 Å². The van der Waals surface area contributed by atoms with Gasteiger partial charge in [-0.3, -0.25) is 9.78 Å². The molecule has 7 nitrogen and oxygen atoms in total. The molecule has 3 heterocycles. The second kappa shape index (κ2) is 8.16. The number of H-pyrrole nitrogens is 1. The Morgan fingerprint density at radius 3 is 2.71 bits per heavy atom. The first-order valence-corrected chi connectivity index (χ1v) is 9.88. The van der Waals surface area contributed by atoms with Crippen molar-refractivity contribution in [3.63, 3.8) is 0 Å². The van der Waals surface area contributed by atoms with Gasteiger partial charge in [0, 0.05) is 11.1 Å². The number of ketones is 1. The number of halogens is 4. The monoisotopic (exact) mass is 464 g/mol. The number of aromatic nitrogens is 5. The van der Waals surface area contributed by atoms with Crippen LogP contribution in [0.2, 0.25) is 5.02 Å². The molecular weight excluding hydrogens is 453 g/mol. The molecule has 0 atom stereocenters. The van der Waals surface area contributed by atoms with E-state index in [2.05, 4.69) is 29.6 Å². The fourth-order valence-electron chi connectivity index (χ4n) is 2.78. The van der Waals surface area contributed by atoms with Crippen LogP contribution in [0, 0.1) is 6.92 Å². The van der Waals surface area contributed by atoms with Gasteiger partial charge >= 0.3 is 6.18 Å². The molecule has 0 amide bonds. The van der Waals surface area contributed by atoms with E-state index in [0.717, 1.165) is 23.6 Å². The van der Waals surface area contributed by atoms with E-state index < -0.39 is 22.5 Å². The molecule has 158 valence electrons. The summed E-state index contributed by atoms with van der Waals surface area (Å²) in [7, 11) is 0. The minimum absolute atomic E-state index is 0.0534. The van der Waals surface area contributed by atoms with Gasteiger partial charge in [-0.1, -0.05) is 11.6 Å². The molecule has 31 heavy (non-hydrogen) atoms. The van der Waals surface area contributed by atoms with Crippen LogP contribution < -0.4 is 4.72 Å². The lowest BCUT2D eigenvalue weighted by Crippen LogP contribution is -2.11. The van der Waals surface area contributed by atoms with Crippen molar-refractivity contribution in [2.75, 3.05) is 4.72 Å². The van der Waals surface area contributed by atoms with Crippen molar-refractivity contribution in [2.45, 2.75) is 18.0 Å². The highest BCUT2D eigenvalue weighted by Gasteiger charge is 2.33. The Kier molecular flexibility index (Phi) is 5.54. The molecule has 4 aromatic rings. The fourth-order valence-corrected chi connectivity index (χ4v) is 3.70. The zero-order valence-electron chi connectivity index (χ0n) is 15.7. The number of nitrogens with zero attached hydrogens (tertiary/aromatic N) is 4. The summed E-state index contributed by atoms with van der Waals surface area (Å²) >= 11 is 6.57. The second-order valence-corrected chi connectivity index (χ2v) is 7.69. The topological polar surface area (TPSA) is 96.4 Å². The molecule has 3 aromatic heterocycles. The van der Waals surface area contributed by atoms with E-state index in [9.17, 15) is 18.0 Å². The van der Waals surface area contributed by atoms with Crippen LogP contribution >= 0.6 is 23.5 Å². The number of aryl methyl sites for hydroxylation is 1. The van der Waals surface area contributed by atoms with Crippen LogP contribution in [0.15, 0.2) is 48.0 Å². The van der Waals surface area contributed by atoms with Crippen LogP contribution in [0.1, 0.15) is 27.3 Å². The first kappa shape index (κ1) is 21.1.